The quantitative estimate of drug-likeness (QED) is 0.407. The third kappa shape index (κ3) is 4.61. The van der Waals surface area contributed by atoms with E-state index in [9.17, 15) is 14.4 Å². The number of amides is 2. The number of hydrogen-bond acceptors (Lipinski definition) is 5. The zero-order chi connectivity index (χ0) is 24.5. The Kier molecular flexibility index (Phi) is 6.21. The molecule has 7 nitrogen and oxygen atoms in total. The number of fused-ring (bicyclic) bond motifs is 2. The van der Waals surface area contributed by atoms with Crippen LogP contribution >= 0.6 is 11.3 Å². The van der Waals surface area contributed by atoms with Gasteiger partial charge in [-0.25, -0.2) is 4.98 Å². The predicted octanol–water partition coefficient (Wildman–Crippen LogP) is 5.16. The average Bonchev–Trinajstić information content (AvgIpc) is 3.29. The highest BCUT2D eigenvalue weighted by molar-refractivity contribution is 7.17. The number of nitrogens with zero attached hydrogens (tertiary/aromatic N) is 2. The van der Waals surface area contributed by atoms with Gasteiger partial charge in [-0.05, 0) is 73.6 Å². The Morgan fingerprint density at radius 1 is 1.00 bits per heavy atom. The summed E-state index contributed by atoms with van der Waals surface area (Å²) in [7, 11) is 0. The number of aryl methyl sites for hydroxylation is 2. The molecule has 8 heteroatoms. The maximum Gasteiger partial charge on any atom is 0.263 e. The molecule has 2 heterocycles. The number of aromatic nitrogens is 2. The van der Waals surface area contributed by atoms with E-state index >= 15 is 0 Å². The van der Waals surface area contributed by atoms with Crippen molar-refractivity contribution in [2.75, 3.05) is 10.6 Å². The Morgan fingerprint density at radius 3 is 2.40 bits per heavy atom. The third-order valence-corrected chi connectivity index (χ3v) is 7.33. The molecule has 5 rings (SSSR count). The molecule has 2 amide bonds. The summed E-state index contributed by atoms with van der Waals surface area (Å²) in [4.78, 5) is 42.8. The Morgan fingerprint density at radius 2 is 1.69 bits per heavy atom. The fraction of sp³-hybridized carbons (Fsp3) is 0.259. The highest BCUT2D eigenvalue weighted by atomic mass is 32.1. The van der Waals surface area contributed by atoms with Crippen LogP contribution in [0.1, 0.15) is 43.9 Å². The Labute approximate surface area is 206 Å². The standard InChI is InChI=1S/C27H26N4O3S/c1-16(25(33)30-22-11-9-21(10-12-22)29-17(2)32)31-15-28-26-24(27(31)34)23(14-35-26)20-8-7-18-5-3-4-6-19(18)13-20/h7-16H,3-6H2,1-2H3,(H,29,32)(H,30,33). The molecule has 2 aromatic carbocycles. The summed E-state index contributed by atoms with van der Waals surface area (Å²) in [6.07, 6.45) is 6.04. The van der Waals surface area contributed by atoms with Crippen LogP contribution in [0.25, 0.3) is 21.3 Å². The molecular formula is C27H26N4O3S. The van der Waals surface area contributed by atoms with E-state index in [0.717, 1.165) is 24.0 Å². The summed E-state index contributed by atoms with van der Waals surface area (Å²) < 4.78 is 1.39. The van der Waals surface area contributed by atoms with Crippen molar-refractivity contribution in [3.8, 4) is 11.1 Å². The van der Waals surface area contributed by atoms with Gasteiger partial charge in [-0.3, -0.25) is 19.0 Å². The molecule has 0 radical (unpaired) electrons. The number of hydrogen-bond donors (Lipinski definition) is 2. The van der Waals surface area contributed by atoms with Gasteiger partial charge in [0.1, 0.15) is 10.9 Å². The second-order valence-electron chi connectivity index (χ2n) is 8.90. The summed E-state index contributed by atoms with van der Waals surface area (Å²) in [5, 5.41) is 8.05. The maximum absolute atomic E-state index is 13.5. The van der Waals surface area contributed by atoms with Crippen LogP contribution in [-0.4, -0.2) is 21.4 Å². The van der Waals surface area contributed by atoms with Crippen LogP contribution in [-0.2, 0) is 22.4 Å². The smallest absolute Gasteiger partial charge is 0.263 e. The maximum atomic E-state index is 13.5. The van der Waals surface area contributed by atoms with E-state index < -0.39 is 6.04 Å². The minimum absolute atomic E-state index is 0.166. The summed E-state index contributed by atoms with van der Waals surface area (Å²) >= 11 is 1.44. The highest BCUT2D eigenvalue weighted by Gasteiger charge is 2.21. The van der Waals surface area contributed by atoms with Crippen molar-refractivity contribution in [2.24, 2.45) is 0 Å². The van der Waals surface area contributed by atoms with E-state index in [2.05, 4.69) is 33.8 Å². The van der Waals surface area contributed by atoms with Gasteiger partial charge in [0.05, 0.1) is 11.7 Å². The van der Waals surface area contributed by atoms with Crippen LogP contribution in [0.4, 0.5) is 11.4 Å². The summed E-state index contributed by atoms with van der Waals surface area (Å²) in [5.74, 6) is -0.494. The van der Waals surface area contributed by atoms with Crippen LogP contribution in [0, 0.1) is 0 Å². The lowest BCUT2D eigenvalue weighted by atomic mass is 9.89. The Hall–Kier alpha value is -3.78. The van der Waals surface area contributed by atoms with Gasteiger partial charge in [-0.2, -0.15) is 0 Å². The molecule has 0 saturated heterocycles. The van der Waals surface area contributed by atoms with E-state index in [1.54, 1.807) is 31.2 Å². The molecule has 0 bridgehead atoms. The van der Waals surface area contributed by atoms with E-state index in [0.29, 0.717) is 21.6 Å². The second kappa shape index (κ2) is 9.46. The molecule has 1 aliphatic rings. The molecule has 0 aliphatic heterocycles. The van der Waals surface area contributed by atoms with Gasteiger partial charge in [0.15, 0.2) is 0 Å². The Bertz CT molecular complexity index is 1490. The van der Waals surface area contributed by atoms with Crippen LogP contribution < -0.4 is 16.2 Å². The van der Waals surface area contributed by atoms with Crippen molar-refractivity contribution in [1.29, 1.82) is 0 Å². The zero-order valence-electron chi connectivity index (χ0n) is 19.6. The van der Waals surface area contributed by atoms with Gasteiger partial charge >= 0.3 is 0 Å². The molecule has 1 aliphatic carbocycles. The first-order valence-electron chi connectivity index (χ1n) is 11.7. The number of carbonyl (C=O) groups excluding carboxylic acids is 2. The van der Waals surface area contributed by atoms with Gasteiger partial charge in [-0.15, -0.1) is 11.3 Å². The van der Waals surface area contributed by atoms with Gasteiger partial charge < -0.3 is 10.6 Å². The lowest BCUT2D eigenvalue weighted by Crippen LogP contribution is -2.31. The molecule has 35 heavy (non-hydrogen) atoms. The zero-order valence-corrected chi connectivity index (χ0v) is 20.4. The number of nitrogens with one attached hydrogen (secondary N) is 2. The highest BCUT2D eigenvalue weighted by Crippen LogP contribution is 2.33. The molecule has 0 saturated carbocycles. The fourth-order valence-electron chi connectivity index (χ4n) is 4.55. The van der Waals surface area contributed by atoms with Crippen molar-refractivity contribution in [3.05, 3.63) is 75.7 Å². The molecule has 1 atom stereocenters. The molecule has 0 fully saturated rings. The molecule has 2 N–H and O–H groups in total. The first-order valence-corrected chi connectivity index (χ1v) is 12.6. The van der Waals surface area contributed by atoms with Gasteiger partial charge in [-0.1, -0.05) is 18.2 Å². The average molecular weight is 487 g/mol. The monoisotopic (exact) mass is 486 g/mol. The minimum Gasteiger partial charge on any atom is -0.326 e. The number of benzene rings is 2. The van der Waals surface area contributed by atoms with Crippen LogP contribution in [0.5, 0.6) is 0 Å². The van der Waals surface area contributed by atoms with Gasteiger partial charge in [0.2, 0.25) is 11.8 Å². The van der Waals surface area contributed by atoms with Crippen LogP contribution in [0.2, 0.25) is 0 Å². The van der Waals surface area contributed by atoms with Gasteiger partial charge in [0.25, 0.3) is 5.56 Å². The molecule has 0 spiro atoms. The number of carbonyl (C=O) groups is 2. The summed E-state index contributed by atoms with van der Waals surface area (Å²) in [6.45, 7) is 3.12. The van der Waals surface area contributed by atoms with Crippen molar-refractivity contribution in [2.45, 2.75) is 45.6 Å². The van der Waals surface area contributed by atoms with Crippen LogP contribution in [0.3, 0.4) is 0 Å². The predicted molar refractivity (Wildman–Crippen MR) is 140 cm³/mol. The lowest BCUT2D eigenvalue weighted by Gasteiger charge is -2.17. The van der Waals surface area contributed by atoms with Crippen molar-refractivity contribution in [1.82, 2.24) is 9.55 Å². The molecule has 178 valence electrons. The normalized spacial score (nSPS) is 13.8. The van der Waals surface area contributed by atoms with Gasteiger partial charge in [0, 0.05) is 29.2 Å². The first-order chi connectivity index (χ1) is 16.9. The van der Waals surface area contributed by atoms with Crippen molar-refractivity contribution in [3.63, 3.8) is 0 Å². The molecular weight excluding hydrogens is 460 g/mol. The van der Waals surface area contributed by atoms with Crippen LogP contribution in [0.15, 0.2) is 59.0 Å². The fourth-order valence-corrected chi connectivity index (χ4v) is 5.45. The Balaban J connectivity index is 1.43. The SMILES string of the molecule is CC(=O)Nc1ccc(NC(=O)C(C)n2cnc3scc(-c4ccc5c(c4)CCCC5)c3c2=O)cc1. The molecule has 2 aromatic heterocycles. The number of rotatable bonds is 5. The third-order valence-electron chi connectivity index (χ3n) is 6.45. The van der Waals surface area contributed by atoms with Crippen molar-refractivity contribution >= 4 is 44.7 Å². The summed E-state index contributed by atoms with van der Waals surface area (Å²) in [5.41, 5.74) is 5.62. The summed E-state index contributed by atoms with van der Waals surface area (Å²) in [6, 6.07) is 12.5. The number of thiophene rings is 1. The topological polar surface area (TPSA) is 93.1 Å². The first kappa shape index (κ1) is 23.0. The largest absolute Gasteiger partial charge is 0.326 e. The number of anilines is 2. The van der Waals surface area contributed by atoms with E-state index in [1.165, 1.54) is 53.1 Å². The van der Waals surface area contributed by atoms with Crippen molar-refractivity contribution < 1.29 is 9.59 Å². The van der Waals surface area contributed by atoms with E-state index in [4.69, 9.17) is 0 Å². The second-order valence-corrected chi connectivity index (χ2v) is 9.76. The molecule has 1 unspecified atom stereocenters. The lowest BCUT2D eigenvalue weighted by molar-refractivity contribution is -0.119. The molecule has 4 aromatic rings. The van der Waals surface area contributed by atoms with E-state index in [-0.39, 0.29) is 17.4 Å². The minimum atomic E-state index is -0.759. The van der Waals surface area contributed by atoms with E-state index in [1.807, 2.05) is 5.38 Å².